The summed E-state index contributed by atoms with van der Waals surface area (Å²) < 4.78 is 54.0. The SMILES string of the molecule is O=C(CN1C(=O)N(CC(F)(F)F)C(=O)C12CCc1cc(F)ccc12)Nc1ccc2c(c1)C[C@@]1(C2)C(=O)Nc2ncccc21. The molecule has 43 heavy (non-hydrogen) atoms. The number of hydrogen-bond donors (Lipinski definition) is 2. The van der Waals surface area contributed by atoms with E-state index in [0.29, 0.717) is 29.9 Å². The number of imide groups is 1. The summed E-state index contributed by atoms with van der Waals surface area (Å²) in [6, 6.07) is 11.1. The van der Waals surface area contributed by atoms with E-state index >= 15 is 0 Å². The molecule has 1 aromatic heterocycles. The first-order valence-electron chi connectivity index (χ1n) is 13.6. The highest BCUT2D eigenvalue weighted by Crippen LogP contribution is 2.49. The van der Waals surface area contributed by atoms with Gasteiger partial charge < -0.3 is 10.6 Å². The molecule has 1 fully saturated rings. The van der Waals surface area contributed by atoms with E-state index in [1.54, 1.807) is 30.5 Å². The van der Waals surface area contributed by atoms with Crippen LogP contribution in [-0.2, 0) is 44.6 Å². The van der Waals surface area contributed by atoms with Crippen molar-refractivity contribution < 1.29 is 36.7 Å². The van der Waals surface area contributed by atoms with E-state index in [1.165, 1.54) is 12.1 Å². The third-order valence-electron chi connectivity index (χ3n) is 8.89. The van der Waals surface area contributed by atoms with Crippen molar-refractivity contribution in [3.63, 3.8) is 0 Å². The molecule has 3 aromatic rings. The number of rotatable bonds is 4. The number of nitrogens with one attached hydrogen (secondary N) is 2. The Morgan fingerprint density at radius 1 is 1.00 bits per heavy atom. The minimum Gasteiger partial charge on any atom is -0.325 e. The average molecular weight is 594 g/mol. The summed E-state index contributed by atoms with van der Waals surface area (Å²) in [4.78, 5) is 58.3. The van der Waals surface area contributed by atoms with Gasteiger partial charge in [-0.05, 0) is 78.3 Å². The zero-order valence-corrected chi connectivity index (χ0v) is 22.4. The summed E-state index contributed by atoms with van der Waals surface area (Å²) in [6.45, 7) is -2.52. The van der Waals surface area contributed by atoms with Gasteiger partial charge in [-0.1, -0.05) is 18.2 Å². The van der Waals surface area contributed by atoms with Crippen molar-refractivity contribution in [2.45, 2.75) is 42.8 Å². The molecule has 1 saturated heterocycles. The van der Waals surface area contributed by atoms with Crippen LogP contribution in [0.15, 0.2) is 54.7 Å². The molecule has 1 unspecified atom stereocenters. The lowest BCUT2D eigenvalue weighted by Crippen LogP contribution is -2.48. The van der Waals surface area contributed by atoms with Crippen LogP contribution < -0.4 is 10.6 Å². The van der Waals surface area contributed by atoms with Crippen LogP contribution in [-0.4, -0.2) is 57.8 Å². The third-order valence-corrected chi connectivity index (χ3v) is 8.89. The Hall–Kier alpha value is -4.81. The van der Waals surface area contributed by atoms with Gasteiger partial charge in [0.25, 0.3) is 5.91 Å². The lowest BCUT2D eigenvalue weighted by Gasteiger charge is -2.32. The van der Waals surface area contributed by atoms with Crippen molar-refractivity contribution in [3.8, 4) is 0 Å². The van der Waals surface area contributed by atoms with E-state index in [1.807, 2.05) is 6.07 Å². The van der Waals surface area contributed by atoms with Crippen LogP contribution in [0.5, 0.6) is 0 Å². The first-order chi connectivity index (χ1) is 20.4. The average Bonchev–Trinajstić information content (AvgIpc) is 3.64. The number of aryl methyl sites for hydroxylation is 1. The predicted octanol–water partition coefficient (Wildman–Crippen LogP) is 3.82. The first-order valence-corrected chi connectivity index (χ1v) is 13.6. The summed E-state index contributed by atoms with van der Waals surface area (Å²) >= 11 is 0. The zero-order valence-electron chi connectivity index (χ0n) is 22.4. The predicted molar refractivity (Wildman–Crippen MR) is 143 cm³/mol. The molecule has 0 saturated carbocycles. The highest BCUT2D eigenvalue weighted by atomic mass is 19.4. The molecule has 2 aliphatic heterocycles. The molecular weight excluding hydrogens is 570 g/mol. The number of hydrogen-bond acceptors (Lipinski definition) is 5. The van der Waals surface area contributed by atoms with Crippen molar-refractivity contribution in [3.05, 3.63) is 88.4 Å². The number of carbonyl (C=O) groups excluding carboxylic acids is 4. The van der Waals surface area contributed by atoms with Gasteiger partial charge >= 0.3 is 12.2 Å². The molecule has 2 atom stereocenters. The van der Waals surface area contributed by atoms with Crippen molar-refractivity contribution in [2.24, 2.45) is 0 Å². The highest BCUT2D eigenvalue weighted by molar-refractivity contribution is 6.10. The van der Waals surface area contributed by atoms with Crippen LogP contribution in [0.4, 0.5) is 33.9 Å². The van der Waals surface area contributed by atoms with E-state index in [2.05, 4.69) is 15.6 Å². The molecule has 9 nitrogen and oxygen atoms in total. The van der Waals surface area contributed by atoms with Crippen LogP contribution in [0, 0.1) is 5.82 Å². The van der Waals surface area contributed by atoms with Crippen LogP contribution in [0.2, 0.25) is 0 Å². The summed E-state index contributed by atoms with van der Waals surface area (Å²) in [5.74, 6) is -2.06. The van der Waals surface area contributed by atoms with E-state index in [4.69, 9.17) is 0 Å². The van der Waals surface area contributed by atoms with Crippen LogP contribution in [0.25, 0.3) is 0 Å². The smallest absolute Gasteiger partial charge is 0.325 e. The monoisotopic (exact) mass is 593 g/mol. The summed E-state index contributed by atoms with van der Waals surface area (Å²) in [6.07, 6.45) is -2.38. The third kappa shape index (κ3) is 4.01. The number of nitrogens with zero attached hydrogens (tertiary/aromatic N) is 3. The number of aromatic nitrogens is 1. The summed E-state index contributed by atoms with van der Waals surface area (Å²) in [5.41, 5.74) is 0.824. The van der Waals surface area contributed by atoms with Gasteiger partial charge in [-0.2, -0.15) is 13.2 Å². The Kier molecular flexibility index (Phi) is 5.72. The first kappa shape index (κ1) is 27.0. The molecule has 0 radical (unpaired) electrons. The Bertz CT molecular complexity index is 1760. The molecular formula is C30H23F4N5O4. The molecule has 7 rings (SSSR count). The Labute approximate surface area is 241 Å². The second kappa shape index (κ2) is 9.09. The molecule has 2 aromatic carbocycles. The highest BCUT2D eigenvalue weighted by Gasteiger charge is 2.62. The number of urea groups is 1. The fourth-order valence-electron chi connectivity index (χ4n) is 7.07. The number of alkyl halides is 3. The molecule has 5 amide bonds. The van der Waals surface area contributed by atoms with E-state index in [9.17, 15) is 36.7 Å². The van der Waals surface area contributed by atoms with Gasteiger partial charge in [-0.15, -0.1) is 0 Å². The largest absolute Gasteiger partial charge is 0.406 e. The Balaban J connectivity index is 1.15. The van der Waals surface area contributed by atoms with Crippen molar-refractivity contribution in [2.75, 3.05) is 23.7 Å². The maximum absolute atomic E-state index is 13.9. The summed E-state index contributed by atoms with van der Waals surface area (Å²) in [7, 11) is 0. The molecule has 4 aliphatic rings. The number of halogens is 4. The van der Waals surface area contributed by atoms with Crippen molar-refractivity contribution in [1.82, 2.24) is 14.8 Å². The van der Waals surface area contributed by atoms with E-state index in [-0.39, 0.29) is 29.2 Å². The van der Waals surface area contributed by atoms with Crippen LogP contribution >= 0.6 is 0 Å². The number of anilines is 2. The number of carbonyl (C=O) groups is 4. The van der Waals surface area contributed by atoms with E-state index < -0.39 is 53.9 Å². The minimum atomic E-state index is -4.86. The second-order valence-corrected chi connectivity index (χ2v) is 11.4. The molecule has 220 valence electrons. The maximum Gasteiger partial charge on any atom is 0.406 e. The lowest BCUT2D eigenvalue weighted by molar-refractivity contribution is -0.155. The van der Waals surface area contributed by atoms with Gasteiger partial charge in [-0.3, -0.25) is 24.2 Å². The molecule has 0 bridgehead atoms. The normalized spacial score (nSPS) is 23.7. The molecule has 2 aliphatic carbocycles. The Morgan fingerprint density at radius 2 is 1.79 bits per heavy atom. The van der Waals surface area contributed by atoms with Gasteiger partial charge in [-0.25, -0.2) is 14.2 Å². The van der Waals surface area contributed by atoms with Gasteiger partial charge in [0.15, 0.2) is 5.54 Å². The second-order valence-electron chi connectivity index (χ2n) is 11.4. The minimum absolute atomic E-state index is 0.0860. The van der Waals surface area contributed by atoms with Crippen LogP contribution in [0.3, 0.4) is 0 Å². The molecule has 3 heterocycles. The van der Waals surface area contributed by atoms with Gasteiger partial charge in [0.2, 0.25) is 11.8 Å². The lowest BCUT2D eigenvalue weighted by atomic mass is 9.79. The number of benzene rings is 2. The van der Waals surface area contributed by atoms with Crippen LogP contribution in [0.1, 0.15) is 34.2 Å². The van der Waals surface area contributed by atoms with Gasteiger partial charge in [0.05, 0.1) is 5.41 Å². The molecule has 13 heteroatoms. The molecule has 2 spiro atoms. The van der Waals surface area contributed by atoms with Crippen molar-refractivity contribution >= 4 is 35.3 Å². The topological polar surface area (TPSA) is 112 Å². The fourth-order valence-corrected chi connectivity index (χ4v) is 7.07. The van der Waals surface area contributed by atoms with Gasteiger partial charge in [0.1, 0.15) is 24.7 Å². The standard InChI is InChI=1S/C30H23F4N5O4/c31-19-4-6-21-16(10-19)7-8-29(21)26(42)38(15-30(32,33)34)27(43)39(29)14-23(40)36-20-5-3-17-12-28(13-18(17)11-20)22-2-1-9-35-24(22)37-25(28)41/h1-6,9-11H,7-8,12-15H2,(H,36,40)(H,35,37,41)/t28-,29?/m1/s1. The number of fused-ring (bicyclic) bond motifs is 5. The number of pyridine rings is 1. The Morgan fingerprint density at radius 3 is 2.58 bits per heavy atom. The zero-order chi connectivity index (χ0) is 30.3. The van der Waals surface area contributed by atoms with Crippen molar-refractivity contribution in [1.29, 1.82) is 0 Å². The maximum atomic E-state index is 13.9. The van der Waals surface area contributed by atoms with E-state index in [0.717, 1.165) is 27.7 Å². The number of amides is 5. The summed E-state index contributed by atoms with van der Waals surface area (Å²) in [5, 5.41) is 5.52. The fraction of sp³-hybridized carbons (Fsp3) is 0.300. The van der Waals surface area contributed by atoms with Gasteiger partial charge in [0, 0.05) is 17.4 Å². The quantitative estimate of drug-likeness (QED) is 0.353. The molecule has 2 N–H and O–H groups in total.